The molecule has 0 spiro atoms. The van der Waals surface area contributed by atoms with Crippen molar-refractivity contribution in [1.82, 2.24) is 19.6 Å². The summed E-state index contributed by atoms with van der Waals surface area (Å²) in [5.41, 5.74) is 3.47. The van der Waals surface area contributed by atoms with Crippen LogP contribution in [0.15, 0.2) is 29.3 Å². The lowest BCUT2D eigenvalue weighted by atomic mass is 10.1. The number of hydrogen-bond acceptors (Lipinski definition) is 5. The highest BCUT2D eigenvalue weighted by molar-refractivity contribution is 6.22. The molecule has 1 unspecified atom stereocenters. The Bertz CT molecular complexity index is 1150. The van der Waals surface area contributed by atoms with Crippen LogP contribution in [0.3, 0.4) is 0 Å². The molecule has 32 heavy (non-hydrogen) atoms. The molecule has 1 aromatic carbocycles. The number of amidine groups is 1. The summed E-state index contributed by atoms with van der Waals surface area (Å²) in [7, 11) is 3.19. The number of rotatable bonds is 5. The molecule has 0 saturated carbocycles. The summed E-state index contributed by atoms with van der Waals surface area (Å²) in [4.78, 5) is 33.8. The van der Waals surface area contributed by atoms with Crippen LogP contribution < -0.4 is 0 Å². The minimum Gasteiger partial charge on any atom is -0.381 e. The van der Waals surface area contributed by atoms with Gasteiger partial charge >= 0.3 is 12.0 Å². The van der Waals surface area contributed by atoms with Crippen molar-refractivity contribution >= 4 is 23.7 Å². The van der Waals surface area contributed by atoms with Gasteiger partial charge in [-0.25, -0.2) is 13.8 Å². The number of fused-ring (bicyclic) bond motifs is 1. The minimum atomic E-state index is -0.785. The molecule has 2 aliphatic heterocycles. The SMILES string of the molecule is COCC[N+]1=C(n2nc(C)c(C)c2C)N=C2C1C(=O)N(Cc1ccc(F)cc1)C(=O)N2C. The molecule has 3 heterocycles. The van der Waals surface area contributed by atoms with Crippen molar-refractivity contribution in [2.45, 2.75) is 33.4 Å². The number of imide groups is 1. The fourth-order valence-corrected chi connectivity index (χ4v) is 3.93. The zero-order chi connectivity index (χ0) is 23.2. The van der Waals surface area contributed by atoms with Gasteiger partial charge in [0.1, 0.15) is 11.5 Å². The number of aromatic nitrogens is 2. The van der Waals surface area contributed by atoms with Crippen LogP contribution in [0.4, 0.5) is 9.18 Å². The first-order valence-corrected chi connectivity index (χ1v) is 10.3. The topological polar surface area (TPSA) is 83.0 Å². The monoisotopic (exact) mass is 441 g/mol. The predicted molar refractivity (Wildman–Crippen MR) is 115 cm³/mol. The largest absolute Gasteiger partial charge is 0.421 e. The van der Waals surface area contributed by atoms with Crippen LogP contribution in [-0.4, -0.2) is 81.2 Å². The molecule has 0 aliphatic carbocycles. The van der Waals surface area contributed by atoms with E-state index in [0.29, 0.717) is 30.5 Å². The lowest BCUT2D eigenvalue weighted by Gasteiger charge is -2.34. The van der Waals surface area contributed by atoms with E-state index in [1.807, 2.05) is 25.3 Å². The molecule has 9 nitrogen and oxygen atoms in total. The number of halogens is 1. The molecule has 1 aromatic heterocycles. The van der Waals surface area contributed by atoms with E-state index in [9.17, 15) is 14.0 Å². The van der Waals surface area contributed by atoms with E-state index in [4.69, 9.17) is 4.74 Å². The quantitative estimate of drug-likeness (QED) is 0.661. The summed E-state index contributed by atoms with van der Waals surface area (Å²) in [6, 6.07) is 4.48. The molecule has 1 saturated heterocycles. The van der Waals surface area contributed by atoms with Crippen LogP contribution in [0.1, 0.15) is 22.5 Å². The molecule has 0 bridgehead atoms. The molecule has 168 valence electrons. The number of carbonyl (C=O) groups excluding carboxylic acids is 2. The first-order valence-electron chi connectivity index (χ1n) is 10.3. The molecule has 2 aliphatic rings. The number of amides is 3. The van der Waals surface area contributed by atoms with Crippen molar-refractivity contribution in [3.8, 4) is 0 Å². The first kappa shape index (κ1) is 21.8. The van der Waals surface area contributed by atoms with Gasteiger partial charge in [-0.05, 0) is 38.5 Å². The van der Waals surface area contributed by atoms with Crippen LogP contribution in [0.2, 0.25) is 0 Å². The number of nitrogens with zero attached hydrogens (tertiary/aromatic N) is 6. The van der Waals surface area contributed by atoms with Gasteiger partial charge in [-0.1, -0.05) is 17.1 Å². The number of benzene rings is 1. The Balaban J connectivity index is 1.77. The maximum absolute atomic E-state index is 13.5. The van der Waals surface area contributed by atoms with Gasteiger partial charge in [-0.15, -0.1) is 9.78 Å². The first-order chi connectivity index (χ1) is 15.2. The second kappa shape index (κ2) is 8.27. The molecule has 10 heteroatoms. The number of aryl methyl sites for hydroxylation is 1. The Morgan fingerprint density at radius 3 is 2.44 bits per heavy atom. The van der Waals surface area contributed by atoms with E-state index in [1.54, 1.807) is 31.0 Å². The third kappa shape index (κ3) is 3.50. The van der Waals surface area contributed by atoms with Crippen LogP contribution in [0.25, 0.3) is 0 Å². The van der Waals surface area contributed by atoms with Crippen LogP contribution in [0.5, 0.6) is 0 Å². The zero-order valence-electron chi connectivity index (χ0n) is 18.8. The standard InChI is InChI=1S/C22H26FN6O3/c1-13-14(2)25-29(15(13)3)21-24-19-18(27(21)10-11-32-5)20(30)28(22(31)26(19)4)12-16-6-8-17(23)9-7-16/h6-9,18H,10-12H2,1-5H3/q+1. The second-order valence-electron chi connectivity index (χ2n) is 7.96. The van der Waals surface area contributed by atoms with Gasteiger partial charge in [0.15, 0.2) is 0 Å². The molecule has 3 amide bonds. The minimum absolute atomic E-state index is 0.0402. The lowest BCUT2D eigenvalue weighted by molar-refractivity contribution is -0.539. The summed E-state index contributed by atoms with van der Waals surface area (Å²) in [6.07, 6.45) is 0. The predicted octanol–water partition coefficient (Wildman–Crippen LogP) is 1.69. The number of aliphatic imine (C=N–C) groups is 1. The van der Waals surface area contributed by atoms with E-state index >= 15 is 0 Å². The van der Waals surface area contributed by atoms with Crippen LogP contribution in [-0.2, 0) is 16.1 Å². The Morgan fingerprint density at radius 1 is 1.16 bits per heavy atom. The number of ether oxygens (including phenoxy) is 1. The summed E-state index contributed by atoms with van der Waals surface area (Å²) < 4.78 is 22.1. The highest BCUT2D eigenvalue weighted by Gasteiger charge is 2.53. The van der Waals surface area contributed by atoms with Crippen molar-refractivity contribution in [1.29, 1.82) is 0 Å². The van der Waals surface area contributed by atoms with E-state index in [0.717, 1.165) is 17.0 Å². The smallest absolute Gasteiger partial charge is 0.381 e. The molecular formula is C22H26FN6O3+. The van der Waals surface area contributed by atoms with Gasteiger partial charge in [0, 0.05) is 19.7 Å². The molecule has 1 atom stereocenters. The highest BCUT2D eigenvalue weighted by atomic mass is 19.1. The van der Waals surface area contributed by atoms with Gasteiger partial charge < -0.3 is 4.74 Å². The fourth-order valence-electron chi connectivity index (χ4n) is 3.93. The molecule has 1 fully saturated rings. The molecular weight excluding hydrogens is 415 g/mol. The van der Waals surface area contributed by atoms with Gasteiger partial charge in [0.25, 0.3) is 5.91 Å². The number of urea groups is 1. The fraction of sp³-hybridized carbons (Fsp3) is 0.409. The third-order valence-corrected chi connectivity index (χ3v) is 6.02. The van der Waals surface area contributed by atoms with Crippen molar-refractivity contribution in [3.05, 3.63) is 52.6 Å². The van der Waals surface area contributed by atoms with Crippen LogP contribution in [0, 0.1) is 26.6 Å². The molecule has 2 aromatic rings. The van der Waals surface area contributed by atoms with Crippen molar-refractivity contribution in [3.63, 3.8) is 0 Å². The average Bonchev–Trinajstić information content (AvgIpc) is 3.27. The van der Waals surface area contributed by atoms with Gasteiger partial charge in [0.05, 0.1) is 25.4 Å². The Hall–Kier alpha value is -3.40. The van der Waals surface area contributed by atoms with E-state index in [1.165, 1.54) is 21.9 Å². The Morgan fingerprint density at radius 2 is 1.84 bits per heavy atom. The van der Waals surface area contributed by atoms with Gasteiger partial charge in [-0.3, -0.25) is 14.6 Å². The van der Waals surface area contributed by atoms with Crippen molar-refractivity contribution < 1.29 is 23.3 Å². The molecule has 0 N–H and O–H groups in total. The summed E-state index contributed by atoms with van der Waals surface area (Å²) >= 11 is 0. The van der Waals surface area contributed by atoms with E-state index in [2.05, 4.69) is 10.1 Å². The molecule has 4 rings (SSSR count). The summed E-state index contributed by atoms with van der Waals surface area (Å²) in [5, 5.41) is 4.60. The number of likely N-dealkylation sites (N-methyl/N-ethyl adjacent to an activating group) is 1. The number of methoxy groups -OCH3 is 1. The maximum atomic E-state index is 13.5. The molecule has 0 radical (unpaired) electrons. The van der Waals surface area contributed by atoms with Crippen molar-refractivity contribution in [2.75, 3.05) is 27.3 Å². The lowest BCUT2D eigenvalue weighted by Crippen LogP contribution is -2.62. The third-order valence-electron chi connectivity index (χ3n) is 6.02. The second-order valence-corrected chi connectivity index (χ2v) is 7.96. The van der Waals surface area contributed by atoms with Crippen molar-refractivity contribution in [2.24, 2.45) is 4.99 Å². The number of hydrogen-bond donors (Lipinski definition) is 0. The van der Waals surface area contributed by atoms with Crippen LogP contribution >= 0.6 is 0 Å². The van der Waals surface area contributed by atoms with E-state index < -0.39 is 12.1 Å². The highest BCUT2D eigenvalue weighted by Crippen LogP contribution is 2.23. The van der Waals surface area contributed by atoms with E-state index in [-0.39, 0.29) is 18.3 Å². The zero-order valence-corrected chi connectivity index (χ0v) is 18.8. The van der Waals surface area contributed by atoms with Gasteiger partial charge in [0.2, 0.25) is 11.9 Å². The average molecular weight is 441 g/mol. The normalized spacial score (nSPS) is 18.6. The Labute approximate surface area is 185 Å². The summed E-state index contributed by atoms with van der Waals surface area (Å²) in [6.45, 7) is 6.63. The number of carbonyl (C=O) groups is 2. The summed E-state index contributed by atoms with van der Waals surface area (Å²) in [5.74, 6) is 0.0668. The maximum Gasteiger partial charge on any atom is 0.421 e. The Kier molecular flexibility index (Phi) is 5.64. The van der Waals surface area contributed by atoms with Gasteiger partial charge in [-0.2, -0.15) is 0 Å².